The number of nitrogens with one attached hydrogen (secondary N) is 1. The van der Waals surface area contributed by atoms with E-state index in [1.807, 2.05) is 26.1 Å². The van der Waals surface area contributed by atoms with Crippen molar-refractivity contribution in [2.45, 2.75) is 19.9 Å². The highest BCUT2D eigenvalue weighted by molar-refractivity contribution is 5.58. The lowest BCUT2D eigenvalue weighted by Crippen LogP contribution is -2.16. The van der Waals surface area contributed by atoms with Crippen molar-refractivity contribution in [2.24, 2.45) is 0 Å². The predicted octanol–water partition coefficient (Wildman–Crippen LogP) is 2.13. The molecule has 0 amide bonds. The molecule has 88 valence electrons. The van der Waals surface area contributed by atoms with Crippen LogP contribution in [0.2, 0.25) is 0 Å². The maximum absolute atomic E-state index is 4.52. The second kappa shape index (κ2) is 5.01. The number of benzene rings is 1. The van der Waals surface area contributed by atoms with Gasteiger partial charge >= 0.3 is 0 Å². The Kier molecular flexibility index (Phi) is 3.44. The molecule has 4 nitrogen and oxygen atoms in total. The third-order valence-corrected chi connectivity index (χ3v) is 2.71. The van der Waals surface area contributed by atoms with E-state index >= 15 is 0 Å². The zero-order valence-corrected chi connectivity index (χ0v) is 10.3. The summed E-state index contributed by atoms with van der Waals surface area (Å²) in [6.07, 6.45) is 1.70. The summed E-state index contributed by atoms with van der Waals surface area (Å²) in [5, 5.41) is 11.1. The number of nitrogens with zero attached hydrogens (tertiary/aromatic N) is 3. The van der Waals surface area contributed by atoms with Crippen LogP contribution in [0.1, 0.15) is 24.4 Å². The summed E-state index contributed by atoms with van der Waals surface area (Å²) in [6, 6.07) is 8.32. The van der Waals surface area contributed by atoms with Gasteiger partial charge in [0.2, 0.25) is 0 Å². The molecular formula is C13H16N4. The molecule has 0 fully saturated rings. The molecule has 17 heavy (non-hydrogen) atoms. The second-order valence-electron chi connectivity index (χ2n) is 4.08. The molecule has 0 radical (unpaired) electrons. The Morgan fingerprint density at radius 2 is 2.12 bits per heavy atom. The average Bonchev–Trinajstić information content (AvgIpc) is 2.38. The fourth-order valence-electron chi connectivity index (χ4n) is 1.57. The summed E-state index contributed by atoms with van der Waals surface area (Å²) in [7, 11) is 1.88. The SMILES string of the molecule is CNC(C)c1nncc(-c2cccc(C)c2)n1. The molecule has 0 bridgehead atoms. The molecule has 0 spiro atoms. The van der Waals surface area contributed by atoms with E-state index in [0.717, 1.165) is 11.3 Å². The second-order valence-corrected chi connectivity index (χ2v) is 4.08. The highest BCUT2D eigenvalue weighted by atomic mass is 15.2. The molecule has 0 saturated heterocycles. The van der Waals surface area contributed by atoms with Crippen LogP contribution in [0.25, 0.3) is 11.3 Å². The third kappa shape index (κ3) is 2.65. The molecule has 0 saturated carbocycles. The number of aromatic nitrogens is 3. The van der Waals surface area contributed by atoms with E-state index in [1.165, 1.54) is 5.56 Å². The fraction of sp³-hybridized carbons (Fsp3) is 0.308. The summed E-state index contributed by atoms with van der Waals surface area (Å²) in [4.78, 5) is 4.52. The van der Waals surface area contributed by atoms with E-state index in [4.69, 9.17) is 0 Å². The lowest BCUT2D eigenvalue weighted by molar-refractivity contribution is 0.597. The van der Waals surface area contributed by atoms with Gasteiger partial charge in [-0.25, -0.2) is 4.98 Å². The first-order valence-electron chi connectivity index (χ1n) is 5.64. The summed E-state index contributed by atoms with van der Waals surface area (Å²) in [5.74, 6) is 0.714. The molecule has 2 aromatic rings. The first-order valence-corrected chi connectivity index (χ1v) is 5.64. The smallest absolute Gasteiger partial charge is 0.168 e. The van der Waals surface area contributed by atoms with Crippen LogP contribution in [0.5, 0.6) is 0 Å². The molecule has 1 aromatic carbocycles. The number of aryl methyl sites for hydroxylation is 1. The van der Waals surface area contributed by atoms with E-state index in [2.05, 4.69) is 39.6 Å². The third-order valence-electron chi connectivity index (χ3n) is 2.71. The van der Waals surface area contributed by atoms with Gasteiger partial charge in [0.1, 0.15) is 0 Å². The number of rotatable bonds is 3. The quantitative estimate of drug-likeness (QED) is 0.874. The molecule has 1 aromatic heterocycles. The lowest BCUT2D eigenvalue weighted by atomic mass is 10.1. The number of hydrogen-bond acceptors (Lipinski definition) is 4. The van der Waals surface area contributed by atoms with Crippen LogP contribution in [0.15, 0.2) is 30.5 Å². The maximum atomic E-state index is 4.52. The molecule has 1 atom stereocenters. The van der Waals surface area contributed by atoms with Crippen molar-refractivity contribution in [3.05, 3.63) is 41.9 Å². The summed E-state index contributed by atoms with van der Waals surface area (Å²) >= 11 is 0. The van der Waals surface area contributed by atoms with Crippen molar-refractivity contribution in [2.75, 3.05) is 7.05 Å². The van der Waals surface area contributed by atoms with E-state index < -0.39 is 0 Å². The van der Waals surface area contributed by atoms with Crippen LogP contribution < -0.4 is 5.32 Å². The Labute approximate surface area is 101 Å². The Bertz CT molecular complexity index is 510. The molecule has 2 rings (SSSR count). The van der Waals surface area contributed by atoms with Crippen molar-refractivity contribution >= 4 is 0 Å². The van der Waals surface area contributed by atoms with Gasteiger partial charge in [0.25, 0.3) is 0 Å². The minimum atomic E-state index is 0.104. The Hall–Kier alpha value is -1.81. The van der Waals surface area contributed by atoms with Crippen LogP contribution in [0.3, 0.4) is 0 Å². The molecule has 1 unspecified atom stereocenters. The Balaban J connectivity index is 2.39. The zero-order chi connectivity index (χ0) is 12.3. The van der Waals surface area contributed by atoms with Crippen molar-refractivity contribution < 1.29 is 0 Å². The monoisotopic (exact) mass is 228 g/mol. The van der Waals surface area contributed by atoms with Gasteiger partial charge in [0, 0.05) is 5.56 Å². The van der Waals surface area contributed by atoms with Gasteiger partial charge < -0.3 is 5.32 Å². The van der Waals surface area contributed by atoms with E-state index in [-0.39, 0.29) is 6.04 Å². The predicted molar refractivity (Wildman–Crippen MR) is 67.5 cm³/mol. The van der Waals surface area contributed by atoms with Gasteiger partial charge in [-0.1, -0.05) is 23.8 Å². The van der Waals surface area contributed by atoms with Crippen LogP contribution in [0.4, 0.5) is 0 Å². The average molecular weight is 228 g/mol. The standard InChI is InChI=1S/C13H16N4/c1-9-5-4-6-11(7-9)12-8-15-17-13(16-12)10(2)14-3/h4-8,10,14H,1-3H3. The van der Waals surface area contributed by atoms with Crippen molar-refractivity contribution in [3.8, 4) is 11.3 Å². The largest absolute Gasteiger partial charge is 0.311 e. The minimum Gasteiger partial charge on any atom is -0.311 e. The van der Waals surface area contributed by atoms with Crippen molar-refractivity contribution in [1.29, 1.82) is 0 Å². The molecule has 0 aliphatic heterocycles. The molecule has 1 heterocycles. The van der Waals surface area contributed by atoms with E-state index in [9.17, 15) is 0 Å². The molecule has 0 aliphatic carbocycles. The molecule has 1 N–H and O–H groups in total. The van der Waals surface area contributed by atoms with Gasteiger partial charge in [0.05, 0.1) is 17.9 Å². The van der Waals surface area contributed by atoms with Crippen LogP contribution >= 0.6 is 0 Å². The van der Waals surface area contributed by atoms with Crippen molar-refractivity contribution in [1.82, 2.24) is 20.5 Å². The fourth-order valence-corrected chi connectivity index (χ4v) is 1.57. The van der Waals surface area contributed by atoms with Gasteiger partial charge in [-0.15, -0.1) is 5.10 Å². The van der Waals surface area contributed by atoms with Gasteiger partial charge in [-0.3, -0.25) is 0 Å². The van der Waals surface area contributed by atoms with Crippen LogP contribution in [0, 0.1) is 6.92 Å². The minimum absolute atomic E-state index is 0.104. The summed E-state index contributed by atoms with van der Waals surface area (Å²) in [6.45, 7) is 4.08. The topological polar surface area (TPSA) is 50.7 Å². The first-order chi connectivity index (χ1) is 8.20. The van der Waals surface area contributed by atoms with Crippen LogP contribution in [-0.4, -0.2) is 22.2 Å². The van der Waals surface area contributed by atoms with E-state index in [1.54, 1.807) is 6.20 Å². The number of hydrogen-bond donors (Lipinski definition) is 1. The Morgan fingerprint density at radius 1 is 1.29 bits per heavy atom. The summed E-state index contributed by atoms with van der Waals surface area (Å²) in [5.41, 5.74) is 3.15. The zero-order valence-electron chi connectivity index (χ0n) is 10.3. The van der Waals surface area contributed by atoms with E-state index in [0.29, 0.717) is 5.82 Å². The molecular weight excluding hydrogens is 212 g/mol. The summed E-state index contributed by atoms with van der Waals surface area (Å²) < 4.78 is 0. The maximum Gasteiger partial charge on any atom is 0.168 e. The highest BCUT2D eigenvalue weighted by Crippen LogP contribution is 2.18. The van der Waals surface area contributed by atoms with Gasteiger partial charge in [0.15, 0.2) is 5.82 Å². The van der Waals surface area contributed by atoms with Crippen molar-refractivity contribution in [3.63, 3.8) is 0 Å². The highest BCUT2D eigenvalue weighted by Gasteiger charge is 2.08. The van der Waals surface area contributed by atoms with Gasteiger partial charge in [-0.2, -0.15) is 5.10 Å². The Morgan fingerprint density at radius 3 is 2.82 bits per heavy atom. The lowest BCUT2D eigenvalue weighted by Gasteiger charge is -2.09. The normalized spacial score (nSPS) is 12.4. The first kappa shape index (κ1) is 11.7. The van der Waals surface area contributed by atoms with Gasteiger partial charge in [-0.05, 0) is 27.0 Å². The molecule has 4 heteroatoms. The molecule has 0 aliphatic rings. The van der Waals surface area contributed by atoms with Crippen LogP contribution in [-0.2, 0) is 0 Å².